The van der Waals surface area contributed by atoms with Gasteiger partial charge in [0.25, 0.3) is 5.69 Å². The highest BCUT2D eigenvalue weighted by atomic mass is 16.6. The Morgan fingerprint density at radius 3 is 2.60 bits per heavy atom. The summed E-state index contributed by atoms with van der Waals surface area (Å²) in [4.78, 5) is 10.4. The molecule has 0 aromatic heterocycles. The smallest absolute Gasteiger partial charge is 0.278 e. The molecular formula is C13H19NO6. The van der Waals surface area contributed by atoms with Crippen molar-refractivity contribution in [2.24, 2.45) is 0 Å². The summed E-state index contributed by atoms with van der Waals surface area (Å²) in [6.07, 6.45) is 0.673. The van der Waals surface area contributed by atoms with E-state index in [1.165, 1.54) is 19.2 Å². The fourth-order valence-electron chi connectivity index (χ4n) is 1.65. The normalized spacial score (nSPS) is 10.3. The Morgan fingerprint density at radius 2 is 2.05 bits per heavy atom. The number of hydrogen-bond acceptors (Lipinski definition) is 6. The van der Waals surface area contributed by atoms with Crippen LogP contribution in [0.3, 0.4) is 0 Å². The highest BCUT2D eigenvalue weighted by Gasteiger charge is 2.19. The number of methoxy groups -OCH3 is 1. The summed E-state index contributed by atoms with van der Waals surface area (Å²) < 4.78 is 15.8. The molecule has 7 nitrogen and oxygen atoms in total. The van der Waals surface area contributed by atoms with Gasteiger partial charge in [-0.05, 0) is 13.0 Å². The lowest BCUT2D eigenvalue weighted by Gasteiger charge is -2.12. The van der Waals surface area contributed by atoms with Gasteiger partial charge >= 0.3 is 0 Å². The third kappa shape index (κ3) is 4.36. The van der Waals surface area contributed by atoms with Crippen LogP contribution in [0.4, 0.5) is 5.69 Å². The number of aliphatic hydroxyl groups excluding tert-OH is 1. The van der Waals surface area contributed by atoms with Crippen molar-refractivity contribution in [3.8, 4) is 11.5 Å². The number of ether oxygens (including phenoxy) is 3. The van der Waals surface area contributed by atoms with Crippen LogP contribution in [0.1, 0.15) is 18.9 Å². The predicted molar refractivity (Wildman–Crippen MR) is 72.2 cm³/mol. The molecule has 7 heteroatoms. The van der Waals surface area contributed by atoms with Crippen LogP contribution in [0.2, 0.25) is 0 Å². The zero-order valence-electron chi connectivity index (χ0n) is 11.6. The molecule has 1 rings (SSSR count). The molecule has 0 amide bonds. The lowest BCUT2D eigenvalue weighted by atomic mass is 10.1. The van der Waals surface area contributed by atoms with Crippen molar-refractivity contribution in [3.05, 3.63) is 27.8 Å². The first-order valence-electron chi connectivity index (χ1n) is 6.30. The first-order chi connectivity index (χ1) is 9.63. The van der Waals surface area contributed by atoms with Crippen molar-refractivity contribution in [2.45, 2.75) is 20.0 Å². The number of nitro groups is 1. The zero-order chi connectivity index (χ0) is 15.0. The summed E-state index contributed by atoms with van der Waals surface area (Å²) >= 11 is 0. The predicted octanol–water partition coefficient (Wildman–Crippen LogP) is 1.90. The molecule has 0 spiro atoms. The lowest BCUT2D eigenvalue weighted by Crippen LogP contribution is -2.05. The molecule has 1 N–H and O–H groups in total. The Balaban J connectivity index is 2.82. The first kappa shape index (κ1) is 16.2. The Bertz CT molecular complexity index is 449. The van der Waals surface area contributed by atoms with Gasteiger partial charge in [0.1, 0.15) is 0 Å². The quantitative estimate of drug-likeness (QED) is 0.423. The molecule has 0 aliphatic carbocycles. The van der Waals surface area contributed by atoms with Gasteiger partial charge in [-0.1, -0.05) is 0 Å². The maximum atomic E-state index is 10.9. The Hall–Kier alpha value is -1.86. The second-order valence-electron chi connectivity index (χ2n) is 3.95. The van der Waals surface area contributed by atoms with Gasteiger partial charge in [-0.3, -0.25) is 10.1 Å². The van der Waals surface area contributed by atoms with Crippen molar-refractivity contribution in [1.82, 2.24) is 0 Å². The first-order valence-corrected chi connectivity index (χ1v) is 6.30. The molecule has 1 aromatic rings. The van der Waals surface area contributed by atoms with E-state index in [9.17, 15) is 10.1 Å². The maximum Gasteiger partial charge on any atom is 0.278 e. The van der Waals surface area contributed by atoms with Crippen molar-refractivity contribution >= 4 is 5.69 Å². The van der Waals surface area contributed by atoms with Crippen LogP contribution in [0.5, 0.6) is 11.5 Å². The molecular weight excluding hydrogens is 266 g/mol. The van der Waals surface area contributed by atoms with Crippen molar-refractivity contribution in [1.29, 1.82) is 0 Å². The number of benzene rings is 1. The van der Waals surface area contributed by atoms with Crippen LogP contribution in [-0.4, -0.2) is 37.0 Å². The lowest BCUT2D eigenvalue weighted by molar-refractivity contribution is -0.385. The SMILES string of the molecule is CCOCCCOc1cc([N+](=O)[O-])c(CO)cc1OC. The molecule has 0 heterocycles. The number of rotatable bonds is 9. The zero-order valence-corrected chi connectivity index (χ0v) is 11.6. The highest BCUT2D eigenvalue weighted by molar-refractivity contribution is 5.54. The van der Waals surface area contributed by atoms with E-state index in [0.717, 1.165) is 0 Å². The minimum absolute atomic E-state index is 0.187. The van der Waals surface area contributed by atoms with Crippen molar-refractivity contribution in [3.63, 3.8) is 0 Å². The summed E-state index contributed by atoms with van der Waals surface area (Å²) in [6.45, 7) is 3.04. The molecule has 0 aliphatic rings. The molecule has 0 atom stereocenters. The topological polar surface area (TPSA) is 91.1 Å². The maximum absolute atomic E-state index is 10.9. The van der Waals surface area contributed by atoms with E-state index in [2.05, 4.69) is 0 Å². The highest BCUT2D eigenvalue weighted by Crippen LogP contribution is 2.34. The van der Waals surface area contributed by atoms with E-state index < -0.39 is 11.5 Å². The molecule has 0 saturated carbocycles. The van der Waals surface area contributed by atoms with Crippen LogP contribution in [-0.2, 0) is 11.3 Å². The minimum atomic E-state index is -0.557. The Morgan fingerprint density at radius 1 is 1.30 bits per heavy atom. The molecule has 0 unspecified atom stereocenters. The molecule has 20 heavy (non-hydrogen) atoms. The van der Waals surface area contributed by atoms with Gasteiger partial charge < -0.3 is 19.3 Å². The standard InChI is InChI=1S/C13H19NO6/c1-3-19-5-4-6-20-13-8-11(14(16)17)10(9-15)7-12(13)18-2/h7-8,15H,3-6,9H2,1-2H3. The molecule has 0 saturated heterocycles. The number of aliphatic hydroxyl groups is 1. The van der Waals surface area contributed by atoms with E-state index in [1.807, 2.05) is 6.92 Å². The third-order valence-electron chi connectivity index (χ3n) is 2.63. The van der Waals surface area contributed by atoms with Gasteiger partial charge in [-0.25, -0.2) is 0 Å². The van der Waals surface area contributed by atoms with Gasteiger partial charge in [0.05, 0.1) is 36.9 Å². The summed E-state index contributed by atoms with van der Waals surface area (Å²) in [6, 6.07) is 2.68. The summed E-state index contributed by atoms with van der Waals surface area (Å²) in [5.74, 6) is 0.643. The van der Waals surface area contributed by atoms with Crippen LogP contribution in [0, 0.1) is 10.1 Å². The van der Waals surface area contributed by atoms with Crippen LogP contribution in [0.25, 0.3) is 0 Å². The average molecular weight is 285 g/mol. The van der Waals surface area contributed by atoms with E-state index >= 15 is 0 Å². The number of nitrogens with zero attached hydrogens (tertiary/aromatic N) is 1. The average Bonchev–Trinajstić information content (AvgIpc) is 2.46. The summed E-state index contributed by atoms with van der Waals surface area (Å²) in [5.41, 5.74) is 0.00150. The summed E-state index contributed by atoms with van der Waals surface area (Å²) in [7, 11) is 1.44. The second-order valence-corrected chi connectivity index (χ2v) is 3.95. The fourth-order valence-corrected chi connectivity index (χ4v) is 1.65. The minimum Gasteiger partial charge on any atom is -0.493 e. The second kappa shape index (κ2) is 8.34. The van der Waals surface area contributed by atoms with Crippen LogP contribution >= 0.6 is 0 Å². The van der Waals surface area contributed by atoms with E-state index in [1.54, 1.807) is 0 Å². The third-order valence-corrected chi connectivity index (χ3v) is 2.63. The van der Waals surface area contributed by atoms with Gasteiger partial charge in [0.2, 0.25) is 0 Å². The molecule has 0 radical (unpaired) electrons. The van der Waals surface area contributed by atoms with Crippen LogP contribution in [0.15, 0.2) is 12.1 Å². The van der Waals surface area contributed by atoms with Crippen molar-refractivity contribution < 1.29 is 24.2 Å². The van der Waals surface area contributed by atoms with Gasteiger partial charge in [-0.2, -0.15) is 0 Å². The Kier molecular flexibility index (Phi) is 6.75. The molecule has 0 bridgehead atoms. The number of hydrogen-bond donors (Lipinski definition) is 1. The van der Waals surface area contributed by atoms with Gasteiger partial charge in [0.15, 0.2) is 11.5 Å². The van der Waals surface area contributed by atoms with Gasteiger partial charge in [-0.15, -0.1) is 0 Å². The van der Waals surface area contributed by atoms with Crippen LogP contribution < -0.4 is 9.47 Å². The monoisotopic (exact) mass is 285 g/mol. The molecule has 0 fully saturated rings. The largest absolute Gasteiger partial charge is 0.493 e. The van der Waals surface area contributed by atoms with E-state index in [-0.39, 0.29) is 17.0 Å². The fraction of sp³-hybridized carbons (Fsp3) is 0.538. The van der Waals surface area contributed by atoms with Gasteiger partial charge in [0, 0.05) is 19.6 Å². The summed E-state index contributed by atoms with van der Waals surface area (Å²) in [5, 5.41) is 20.1. The molecule has 112 valence electrons. The van der Waals surface area contributed by atoms with E-state index in [4.69, 9.17) is 19.3 Å². The van der Waals surface area contributed by atoms with Crippen molar-refractivity contribution in [2.75, 3.05) is 26.9 Å². The molecule has 1 aromatic carbocycles. The number of nitro benzene ring substituents is 1. The Labute approximate surface area is 117 Å². The van der Waals surface area contributed by atoms with E-state index in [0.29, 0.717) is 32.0 Å². The molecule has 0 aliphatic heterocycles.